The molecule has 6 nitrogen and oxygen atoms in total. The maximum atomic E-state index is 12.2. The van der Waals surface area contributed by atoms with Crippen molar-refractivity contribution in [2.24, 2.45) is 0 Å². The minimum atomic E-state index is -0.0619. The maximum Gasteiger partial charge on any atom is 0.231 e. The first-order valence-electron chi connectivity index (χ1n) is 9.22. The normalized spacial score (nSPS) is 10.7. The van der Waals surface area contributed by atoms with Crippen molar-refractivity contribution in [3.63, 3.8) is 0 Å². The van der Waals surface area contributed by atoms with Gasteiger partial charge in [0.1, 0.15) is 5.01 Å². The van der Waals surface area contributed by atoms with Gasteiger partial charge in [-0.05, 0) is 31.2 Å². The van der Waals surface area contributed by atoms with E-state index < -0.39 is 0 Å². The predicted octanol–water partition coefficient (Wildman–Crippen LogP) is 5.52. The smallest absolute Gasteiger partial charge is 0.231 e. The summed E-state index contributed by atoms with van der Waals surface area (Å²) in [5, 5.41) is 18.1. The number of benzene rings is 2. The van der Waals surface area contributed by atoms with E-state index in [9.17, 15) is 4.79 Å². The number of rotatable bonds is 8. The summed E-state index contributed by atoms with van der Waals surface area (Å²) < 4.78 is 0.875. The Bertz CT molecular complexity index is 1110. The van der Waals surface area contributed by atoms with Gasteiger partial charge in [0.05, 0.1) is 12.1 Å². The van der Waals surface area contributed by atoms with Crippen LogP contribution in [-0.4, -0.2) is 21.1 Å². The van der Waals surface area contributed by atoms with Crippen LogP contribution >= 0.6 is 34.4 Å². The predicted molar refractivity (Wildman–Crippen MR) is 125 cm³/mol. The Morgan fingerprint density at radius 1 is 1.03 bits per heavy atom. The number of anilines is 3. The highest BCUT2D eigenvalue weighted by Crippen LogP contribution is 2.30. The number of nitrogens with one attached hydrogen (secondary N) is 2. The van der Waals surface area contributed by atoms with Gasteiger partial charge in [0.2, 0.25) is 11.0 Å². The highest BCUT2D eigenvalue weighted by atomic mass is 32.2. The third-order valence-corrected chi connectivity index (χ3v) is 6.92. The van der Waals surface area contributed by atoms with Crippen LogP contribution in [0.3, 0.4) is 0 Å². The van der Waals surface area contributed by atoms with E-state index in [1.54, 1.807) is 11.8 Å². The summed E-state index contributed by atoms with van der Waals surface area (Å²) in [6.45, 7) is 2.02. The number of para-hydroxylation sites is 1. The lowest BCUT2D eigenvalue weighted by atomic mass is 10.2. The Balaban J connectivity index is 1.26. The van der Waals surface area contributed by atoms with Crippen LogP contribution < -0.4 is 10.6 Å². The van der Waals surface area contributed by atoms with E-state index in [-0.39, 0.29) is 12.3 Å². The number of carbonyl (C=O) groups is 1. The summed E-state index contributed by atoms with van der Waals surface area (Å²) in [7, 11) is 0. The van der Waals surface area contributed by atoms with E-state index in [4.69, 9.17) is 0 Å². The SMILES string of the molecule is Cc1ccc(NC(=O)Cc2nc(CSc3nnc(Nc4ccccc4)s3)cs2)cc1. The van der Waals surface area contributed by atoms with Gasteiger partial charge in [-0.3, -0.25) is 4.79 Å². The summed E-state index contributed by atoms with van der Waals surface area (Å²) in [6, 6.07) is 17.6. The first-order chi connectivity index (χ1) is 14.6. The summed E-state index contributed by atoms with van der Waals surface area (Å²) in [5.41, 5.74) is 3.89. The number of hydrogen-bond acceptors (Lipinski definition) is 8. The van der Waals surface area contributed by atoms with Gasteiger partial charge in [-0.1, -0.05) is 59.0 Å². The first kappa shape index (κ1) is 20.5. The third-order valence-electron chi connectivity index (χ3n) is 4.02. The average Bonchev–Trinajstić information content (AvgIpc) is 3.38. The topological polar surface area (TPSA) is 79.8 Å². The van der Waals surface area contributed by atoms with Crippen molar-refractivity contribution in [3.8, 4) is 0 Å². The average molecular weight is 454 g/mol. The minimum Gasteiger partial charge on any atom is -0.330 e. The highest BCUT2D eigenvalue weighted by Gasteiger charge is 2.10. The van der Waals surface area contributed by atoms with Crippen molar-refractivity contribution in [1.29, 1.82) is 0 Å². The highest BCUT2D eigenvalue weighted by molar-refractivity contribution is 8.00. The maximum absolute atomic E-state index is 12.2. The van der Waals surface area contributed by atoms with Crippen molar-refractivity contribution in [2.45, 2.75) is 23.4 Å². The molecule has 0 spiro atoms. The van der Waals surface area contributed by atoms with Gasteiger partial charge >= 0.3 is 0 Å². The molecule has 2 heterocycles. The largest absolute Gasteiger partial charge is 0.330 e. The molecule has 2 aromatic heterocycles. The molecule has 152 valence electrons. The fraction of sp³-hybridized carbons (Fsp3) is 0.143. The monoisotopic (exact) mass is 453 g/mol. The molecular formula is C21H19N5OS3. The van der Waals surface area contributed by atoms with Gasteiger partial charge in [-0.2, -0.15) is 0 Å². The van der Waals surface area contributed by atoms with Crippen LogP contribution in [0, 0.1) is 6.92 Å². The zero-order chi connectivity index (χ0) is 20.8. The van der Waals surface area contributed by atoms with Gasteiger partial charge < -0.3 is 10.6 Å². The van der Waals surface area contributed by atoms with E-state index >= 15 is 0 Å². The molecule has 0 fully saturated rings. The van der Waals surface area contributed by atoms with E-state index in [2.05, 4.69) is 25.8 Å². The lowest BCUT2D eigenvalue weighted by molar-refractivity contribution is -0.115. The van der Waals surface area contributed by atoms with Crippen molar-refractivity contribution in [2.75, 3.05) is 10.6 Å². The van der Waals surface area contributed by atoms with E-state index in [1.165, 1.54) is 22.7 Å². The molecule has 0 saturated carbocycles. The zero-order valence-corrected chi connectivity index (χ0v) is 18.6. The van der Waals surface area contributed by atoms with Crippen LogP contribution in [0.25, 0.3) is 0 Å². The Morgan fingerprint density at radius 2 is 1.83 bits per heavy atom. The summed E-state index contributed by atoms with van der Waals surface area (Å²) in [5.74, 6) is 0.629. The number of aromatic nitrogens is 3. The van der Waals surface area contributed by atoms with Gasteiger partial charge in [0.25, 0.3) is 0 Å². The molecule has 0 aliphatic heterocycles. The lowest BCUT2D eigenvalue weighted by Crippen LogP contribution is -2.14. The van der Waals surface area contributed by atoms with Crippen LogP contribution in [0.1, 0.15) is 16.3 Å². The standard InChI is InChI=1S/C21H19N5OS3/c1-14-7-9-16(10-8-14)22-18(27)11-19-23-17(12-28-19)13-29-21-26-25-20(30-21)24-15-5-3-2-4-6-15/h2-10,12H,11,13H2,1H3,(H,22,27)(H,24,25). The van der Waals surface area contributed by atoms with Crippen molar-refractivity contribution in [1.82, 2.24) is 15.2 Å². The molecule has 2 N–H and O–H groups in total. The summed E-state index contributed by atoms with van der Waals surface area (Å²) in [6.07, 6.45) is 0.271. The molecule has 0 bridgehead atoms. The Morgan fingerprint density at radius 3 is 2.63 bits per heavy atom. The second-order valence-electron chi connectivity index (χ2n) is 6.48. The molecule has 0 unspecified atom stereocenters. The van der Waals surface area contributed by atoms with Crippen LogP contribution in [0.2, 0.25) is 0 Å². The number of aryl methyl sites for hydroxylation is 1. The van der Waals surface area contributed by atoms with Gasteiger partial charge in [0, 0.05) is 22.5 Å². The number of amides is 1. The van der Waals surface area contributed by atoms with E-state index in [1.807, 2.05) is 66.9 Å². The Labute approximate surface area is 186 Å². The molecule has 9 heteroatoms. The molecule has 30 heavy (non-hydrogen) atoms. The number of thioether (sulfide) groups is 1. The molecular weight excluding hydrogens is 434 g/mol. The second kappa shape index (κ2) is 9.84. The third kappa shape index (κ3) is 5.88. The minimum absolute atomic E-state index is 0.0619. The molecule has 4 aromatic rings. The second-order valence-corrected chi connectivity index (χ2v) is 9.62. The molecule has 0 saturated heterocycles. The molecule has 0 aliphatic rings. The number of thiazole rings is 1. The Hall–Kier alpha value is -2.75. The van der Waals surface area contributed by atoms with Gasteiger partial charge in [0.15, 0.2) is 4.34 Å². The zero-order valence-electron chi connectivity index (χ0n) is 16.2. The molecule has 1 amide bonds. The summed E-state index contributed by atoms with van der Waals surface area (Å²) >= 11 is 4.60. The number of nitrogens with zero attached hydrogens (tertiary/aromatic N) is 3. The van der Waals surface area contributed by atoms with Crippen molar-refractivity contribution < 1.29 is 4.79 Å². The number of hydrogen-bond donors (Lipinski definition) is 2. The van der Waals surface area contributed by atoms with Crippen molar-refractivity contribution in [3.05, 3.63) is 76.2 Å². The van der Waals surface area contributed by atoms with Crippen LogP contribution in [0.5, 0.6) is 0 Å². The molecule has 0 atom stereocenters. The van der Waals surface area contributed by atoms with Crippen molar-refractivity contribution >= 4 is 56.8 Å². The molecule has 2 aromatic carbocycles. The quantitative estimate of drug-likeness (QED) is 0.342. The fourth-order valence-corrected chi connectivity index (χ4v) is 5.14. The van der Waals surface area contributed by atoms with E-state index in [0.29, 0.717) is 5.75 Å². The van der Waals surface area contributed by atoms with E-state index in [0.717, 1.165) is 37.1 Å². The molecule has 0 radical (unpaired) electrons. The van der Waals surface area contributed by atoms with Gasteiger partial charge in [-0.25, -0.2) is 4.98 Å². The lowest BCUT2D eigenvalue weighted by Gasteiger charge is -2.04. The van der Waals surface area contributed by atoms with Crippen LogP contribution in [-0.2, 0) is 17.0 Å². The fourth-order valence-electron chi connectivity index (χ4n) is 2.58. The van der Waals surface area contributed by atoms with Gasteiger partial charge in [-0.15, -0.1) is 21.5 Å². The van der Waals surface area contributed by atoms with Crippen LogP contribution in [0.15, 0.2) is 64.3 Å². The summed E-state index contributed by atoms with van der Waals surface area (Å²) in [4.78, 5) is 16.8. The Kier molecular flexibility index (Phi) is 6.73. The number of carbonyl (C=O) groups excluding carboxylic acids is 1. The molecule has 4 rings (SSSR count). The molecule has 0 aliphatic carbocycles. The first-order valence-corrected chi connectivity index (χ1v) is 11.9. The van der Waals surface area contributed by atoms with Crippen LogP contribution in [0.4, 0.5) is 16.5 Å².